The normalized spacial score (nSPS) is 14.4. The lowest BCUT2D eigenvalue weighted by Crippen LogP contribution is -2.36. The Morgan fingerprint density at radius 3 is 2.37 bits per heavy atom. The van der Waals surface area contributed by atoms with Crippen LogP contribution in [-0.4, -0.2) is 29.9 Å². The highest BCUT2D eigenvalue weighted by molar-refractivity contribution is 5.99. The molecule has 27 heavy (non-hydrogen) atoms. The van der Waals surface area contributed by atoms with Crippen molar-refractivity contribution in [3.05, 3.63) is 59.4 Å². The number of aromatic nitrogens is 1. The first kappa shape index (κ1) is 18.9. The fraction of sp³-hybridized carbons (Fsp3) is 0.381. The zero-order chi connectivity index (χ0) is 19.1. The molecule has 1 fully saturated rings. The molecule has 1 aliphatic rings. The maximum Gasteiger partial charge on any atom is 0.253 e. The molecule has 1 aromatic heterocycles. The molecule has 1 aromatic carbocycles. The van der Waals surface area contributed by atoms with Gasteiger partial charge in [0.05, 0.1) is 18.2 Å². The van der Waals surface area contributed by atoms with E-state index in [9.17, 15) is 9.59 Å². The van der Waals surface area contributed by atoms with Crippen molar-refractivity contribution >= 4 is 11.8 Å². The number of benzene rings is 1. The smallest absolute Gasteiger partial charge is 0.253 e. The Balaban J connectivity index is 1.58. The van der Waals surface area contributed by atoms with Gasteiger partial charge in [0.15, 0.2) is 0 Å². The van der Waals surface area contributed by atoms with E-state index in [1.54, 1.807) is 13.2 Å². The predicted molar refractivity (Wildman–Crippen MR) is 103 cm³/mol. The van der Waals surface area contributed by atoms with E-state index in [2.05, 4.69) is 15.6 Å². The summed E-state index contributed by atoms with van der Waals surface area (Å²) >= 11 is 0. The number of carbonyl (C=O) groups excluding carboxylic acids is 2. The van der Waals surface area contributed by atoms with Crippen LogP contribution in [0.1, 0.15) is 58.4 Å². The number of hydrogen-bond donors (Lipinski definition) is 2. The summed E-state index contributed by atoms with van der Waals surface area (Å²) in [6.07, 6.45) is 8.54. The van der Waals surface area contributed by atoms with Crippen LogP contribution >= 0.6 is 0 Å². The van der Waals surface area contributed by atoms with Gasteiger partial charge in [-0.15, -0.1) is 0 Å². The molecular formula is C21H25N3O3. The molecule has 142 valence electrons. The van der Waals surface area contributed by atoms with Crippen LogP contribution in [0.3, 0.4) is 0 Å². The van der Waals surface area contributed by atoms with Gasteiger partial charge in [0.1, 0.15) is 5.75 Å². The maximum atomic E-state index is 12.4. The van der Waals surface area contributed by atoms with E-state index in [4.69, 9.17) is 4.74 Å². The Kier molecular flexibility index (Phi) is 6.41. The molecule has 2 amide bonds. The molecule has 0 radical (unpaired) electrons. The minimum atomic E-state index is -0.259. The zero-order valence-corrected chi connectivity index (χ0v) is 15.5. The molecule has 0 atom stereocenters. The van der Waals surface area contributed by atoms with Crippen LogP contribution in [0.4, 0.5) is 0 Å². The van der Waals surface area contributed by atoms with Crippen molar-refractivity contribution in [2.45, 2.75) is 44.7 Å². The fourth-order valence-electron chi connectivity index (χ4n) is 3.23. The van der Waals surface area contributed by atoms with Crippen molar-refractivity contribution < 1.29 is 14.3 Å². The van der Waals surface area contributed by atoms with Crippen LogP contribution < -0.4 is 15.4 Å². The Morgan fingerprint density at radius 1 is 1.04 bits per heavy atom. The third-order valence-electron chi connectivity index (χ3n) is 4.82. The Bertz CT molecular complexity index is 784. The van der Waals surface area contributed by atoms with E-state index in [0.717, 1.165) is 37.0 Å². The Labute approximate surface area is 159 Å². The van der Waals surface area contributed by atoms with Crippen LogP contribution in [-0.2, 0) is 6.54 Å². The van der Waals surface area contributed by atoms with Gasteiger partial charge >= 0.3 is 0 Å². The topological polar surface area (TPSA) is 80.3 Å². The van der Waals surface area contributed by atoms with Gasteiger partial charge in [-0.25, -0.2) is 0 Å². The van der Waals surface area contributed by atoms with Crippen molar-refractivity contribution in [3.63, 3.8) is 0 Å². The minimum absolute atomic E-state index is 0.167. The molecule has 1 heterocycles. The van der Waals surface area contributed by atoms with Crippen LogP contribution in [0.15, 0.2) is 42.7 Å². The summed E-state index contributed by atoms with van der Waals surface area (Å²) in [6, 6.07) is 9.29. The van der Waals surface area contributed by atoms with E-state index in [-0.39, 0.29) is 17.9 Å². The number of methoxy groups -OCH3 is 1. The summed E-state index contributed by atoms with van der Waals surface area (Å²) in [5.41, 5.74) is 1.75. The highest BCUT2D eigenvalue weighted by Crippen LogP contribution is 2.18. The molecule has 1 aliphatic carbocycles. The lowest BCUT2D eigenvalue weighted by molar-refractivity contribution is 0.0927. The molecule has 3 rings (SSSR count). The number of nitrogens with one attached hydrogen (secondary N) is 2. The number of ether oxygens (including phenoxy) is 1. The molecule has 2 N–H and O–H groups in total. The van der Waals surface area contributed by atoms with Crippen molar-refractivity contribution in [1.82, 2.24) is 15.6 Å². The molecule has 1 saturated carbocycles. The maximum absolute atomic E-state index is 12.4. The van der Waals surface area contributed by atoms with Gasteiger partial charge in [0, 0.05) is 25.0 Å². The summed E-state index contributed by atoms with van der Waals surface area (Å²) in [5, 5.41) is 5.90. The van der Waals surface area contributed by atoms with Gasteiger partial charge < -0.3 is 15.4 Å². The highest BCUT2D eigenvalue weighted by Gasteiger charge is 2.18. The first-order valence-electron chi connectivity index (χ1n) is 9.33. The van der Waals surface area contributed by atoms with Gasteiger partial charge in [0.25, 0.3) is 11.8 Å². The van der Waals surface area contributed by atoms with E-state index < -0.39 is 0 Å². The van der Waals surface area contributed by atoms with Crippen molar-refractivity contribution in [2.24, 2.45) is 0 Å². The molecule has 2 aromatic rings. The van der Waals surface area contributed by atoms with E-state index in [0.29, 0.717) is 17.7 Å². The van der Waals surface area contributed by atoms with Gasteiger partial charge in [0.2, 0.25) is 0 Å². The molecule has 0 bridgehead atoms. The molecule has 0 saturated heterocycles. The lowest BCUT2D eigenvalue weighted by atomic mass is 9.95. The predicted octanol–water partition coefficient (Wildman–Crippen LogP) is 3.08. The Hall–Kier alpha value is -2.89. The van der Waals surface area contributed by atoms with E-state index >= 15 is 0 Å². The number of hydrogen-bond acceptors (Lipinski definition) is 4. The quantitative estimate of drug-likeness (QED) is 0.822. The number of nitrogens with zero attached hydrogens (tertiary/aromatic N) is 1. The standard InChI is InChI=1S/C21H25N3O3/c1-27-19-9-7-15(8-10-19)12-23-20(25)16-11-17(14-22-13-16)21(26)24-18-5-3-2-4-6-18/h7-11,13-14,18H,2-6,12H2,1H3,(H,23,25)(H,24,26). The van der Waals surface area contributed by atoms with Crippen molar-refractivity contribution in [1.29, 1.82) is 0 Å². The number of amides is 2. The molecule has 0 unspecified atom stereocenters. The second-order valence-electron chi connectivity index (χ2n) is 6.80. The SMILES string of the molecule is COc1ccc(CNC(=O)c2cncc(C(=O)NC3CCCCC3)c2)cc1. The zero-order valence-electron chi connectivity index (χ0n) is 15.5. The highest BCUT2D eigenvalue weighted by atomic mass is 16.5. The number of rotatable bonds is 6. The average molecular weight is 367 g/mol. The van der Waals surface area contributed by atoms with Crippen LogP contribution in [0.25, 0.3) is 0 Å². The first-order valence-corrected chi connectivity index (χ1v) is 9.33. The van der Waals surface area contributed by atoms with Crippen LogP contribution in [0.2, 0.25) is 0 Å². The number of pyridine rings is 1. The van der Waals surface area contributed by atoms with Gasteiger partial charge in [-0.3, -0.25) is 14.6 Å². The minimum Gasteiger partial charge on any atom is -0.497 e. The Morgan fingerprint density at radius 2 is 1.70 bits per heavy atom. The second kappa shape index (κ2) is 9.16. The van der Waals surface area contributed by atoms with Gasteiger partial charge in [-0.2, -0.15) is 0 Å². The summed E-state index contributed by atoms with van der Waals surface area (Å²) in [7, 11) is 1.61. The first-order chi connectivity index (χ1) is 13.2. The summed E-state index contributed by atoms with van der Waals surface area (Å²) in [5.74, 6) is 0.343. The summed E-state index contributed by atoms with van der Waals surface area (Å²) in [4.78, 5) is 28.9. The molecular weight excluding hydrogens is 342 g/mol. The van der Waals surface area contributed by atoms with E-state index in [1.165, 1.54) is 18.8 Å². The summed E-state index contributed by atoms with van der Waals surface area (Å²) < 4.78 is 5.12. The fourth-order valence-corrected chi connectivity index (χ4v) is 3.23. The molecule has 6 heteroatoms. The van der Waals surface area contributed by atoms with Crippen LogP contribution in [0.5, 0.6) is 5.75 Å². The largest absolute Gasteiger partial charge is 0.497 e. The lowest BCUT2D eigenvalue weighted by Gasteiger charge is -2.22. The van der Waals surface area contributed by atoms with Crippen molar-refractivity contribution in [3.8, 4) is 5.75 Å². The third kappa shape index (κ3) is 5.29. The van der Waals surface area contributed by atoms with Crippen LogP contribution in [0, 0.1) is 0 Å². The molecule has 0 spiro atoms. The second-order valence-corrected chi connectivity index (χ2v) is 6.80. The summed E-state index contributed by atoms with van der Waals surface area (Å²) in [6.45, 7) is 0.390. The van der Waals surface area contributed by atoms with E-state index in [1.807, 2.05) is 24.3 Å². The van der Waals surface area contributed by atoms with Gasteiger partial charge in [-0.1, -0.05) is 31.4 Å². The van der Waals surface area contributed by atoms with Crippen molar-refractivity contribution in [2.75, 3.05) is 7.11 Å². The molecule has 6 nitrogen and oxygen atoms in total. The third-order valence-corrected chi connectivity index (χ3v) is 4.82. The van der Waals surface area contributed by atoms with Gasteiger partial charge in [-0.05, 0) is 36.6 Å². The monoisotopic (exact) mass is 367 g/mol. The number of carbonyl (C=O) groups is 2. The average Bonchev–Trinajstić information content (AvgIpc) is 2.73. The molecule has 0 aliphatic heterocycles.